The average Bonchev–Trinajstić information content (AvgIpc) is 2.98. The van der Waals surface area contributed by atoms with Crippen molar-refractivity contribution in [3.05, 3.63) is 35.5 Å². The Labute approximate surface area is 143 Å². The normalized spacial score (nSPS) is 26.6. The Morgan fingerprint density at radius 1 is 1.42 bits per heavy atom. The molecular formula is C20H27N3O. The van der Waals surface area contributed by atoms with E-state index in [0.717, 1.165) is 25.9 Å². The number of aromatic amines is 1. The first-order chi connectivity index (χ1) is 11.5. The molecule has 0 spiro atoms. The Balaban J connectivity index is 1.58. The van der Waals surface area contributed by atoms with Crippen molar-refractivity contribution in [3.63, 3.8) is 0 Å². The summed E-state index contributed by atoms with van der Waals surface area (Å²) < 4.78 is 0. The number of nitrogens with zero attached hydrogens (tertiary/aromatic N) is 1. The quantitative estimate of drug-likeness (QED) is 0.911. The highest BCUT2D eigenvalue weighted by molar-refractivity contribution is 5.88. The lowest BCUT2D eigenvalue weighted by Gasteiger charge is -2.45. The summed E-state index contributed by atoms with van der Waals surface area (Å²) in [6.07, 6.45) is 4.48. The molecule has 3 atom stereocenters. The van der Waals surface area contributed by atoms with Crippen LogP contribution < -0.4 is 5.32 Å². The molecule has 128 valence electrons. The smallest absolute Gasteiger partial charge is 0.222 e. The maximum atomic E-state index is 11.9. The highest BCUT2D eigenvalue weighted by Crippen LogP contribution is 2.44. The maximum Gasteiger partial charge on any atom is 0.222 e. The van der Waals surface area contributed by atoms with Crippen LogP contribution in [0.3, 0.4) is 0 Å². The summed E-state index contributed by atoms with van der Waals surface area (Å²) >= 11 is 0. The zero-order valence-corrected chi connectivity index (χ0v) is 14.8. The second-order valence-corrected chi connectivity index (χ2v) is 7.90. The van der Waals surface area contributed by atoms with E-state index in [1.807, 2.05) is 13.8 Å². The minimum absolute atomic E-state index is 0.0601. The Morgan fingerprint density at radius 3 is 3.04 bits per heavy atom. The van der Waals surface area contributed by atoms with Crippen molar-refractivity contribution in [3.8, 4) is 0 Å². The predicted octanol–water partition coefficient (Wildman–Crippen LogP) is 2.90. The summed E-state index contributed by atoms with van der Waals surface area (Å²) in [6.45, 7) is 5.76. The van der Waals surface area contributed by atoms with Crippen LogP contribution in [0.25, 0.3) is 10.9 Å². The molecule has 1 aromatic carbocycles. The van der Waals surface area contributed by atoms with Crippen LogP contribution in [-0.2, 0) is 11.2 Å². The van der Waals surface area contributed by atoms with E-state index in [4.69, 9.17) is 0 Å². The molecule has 1 amide bonds. The van der Waals surface area contributed by atoms with Gasteiger partial charge < -0.3 is 15.2 Å². The number of carbonyl (C=O) groups is 1. The number of amides is 1. The summed E-state index contributed by atoms with van der Waals surface area (Å²) in [4.78, 5) is 17.8. The highest BCUT2D eigenvalue weighted by atomic mass is 16.1. The molecule has 4 rings (SSSR count). The highest BCUT2D eigenvalue weighted by Gasteiger charge is 2.39. The number of hydrogen-bond donors (Lipinski definition) is 2. The monoisotopic (exact) mass is 325 g/mol. The molecule has 24 heavy (non-hydrogen) atoms. The number of nitrogens with one attached hydrogen (secondary N) is 2. The van der Waals surface area contributed by atoms with Crippen LogP contribution >= 0.6 is 0 Å². The third-order valence-corrected chi connectivity index (χ3v) is 5.90. The zero-order valence-electron chi connectivity index (χ0n) is 14.8. The van der Waals surface area contributed by atoms with Crippen LogP contribution in [0, 0.1) is 11.8 Å². The third kappa shape index (κ3) is 2.53. The molecule has 1 aliphatic heterocycles. The van der Waals surface area contributed by atoms with Gasteiger partial charge in [0.25, 0.3) is 0 Å². The number of benzene rings is 1. The van der Waals surface area contributed by atoms with E-state index < -0.39 is 0 Å². The fourth-order valence-corrected chi connectivity index (χ4v) is 4.65. The number of carbonyl (C=O) groups excluding carboxylic acids is 1. The number of rotatable bonds is 3. The number of aromatic nitrogens is 1. The lowest BCUT2D eigenvalue weighted by atomic mass is 9.72. The minimum Gasteiger partial charge on any atom is -0.361 e. The number of hydrogen-bond acceptors (Lipinski definition) is 2. The predicted molar refractivity (Wildman–Crippen MR) is 97.1 cm³/mol. The topological polar surface area (TPSA) is 48.1 Å². The molecule has 1 saturated heterocycles. The Kier molecular flexibility index (Phi) is 3.87. The van der Waals surface area contributed by atoms with Crippen LogP contribution in [0.5, 0.6) is 0 Å². The summed E-state index contributed by atoms with van der Waals surface area (Å²) in [5, 5.41) is 4.58. The molecule has 0 bridgehead atoms. The van der Waals surface area contributed by atoms with Gasteiger partial charge in [-0.3, -0.25) is 4.79 Å². The maximum absolute atomic E-state index is 11.9. The van der Waals surface area contributed by atoms with Crippen molar-refractivity contribution in [1.29, 1.82) is 0 Å². The third-order valence-electron chi connectivity index (χ3n) is 5.90. The summed E-state index contributed by atoms with van der Waals surface area (Å²) in [7, 11) is 2.24. The van der Waals surface area contributed by atoms with Gasteiger partial charge in [-0.05, 0) is 43.0 Å². The lowest BCUT2D eigenvalue weighted by Crippen LogP contribution is -2.50. The average molecular weight is 325 g/mol. The molecular weight excluding hydrogens is 298 g/mol. The van der Waals surface area contributed by atoms with Gasteiger partial charge in [0, 0.05) is 48.1 Å². The molecule has 2 heterocycles. The molecule has 0 radical (unpaired) electrons. The Morgan fingerprint density at radius 2 is 2.25 bits per heavy atom. The number of H-pyrrole nitrogens is 1. The van der Waals surface area contributed by atoms with Crippen LogP contribution in [0.15, 0.2) is 24.4 Å². The first-order valence-electron chi connectivity index (χ1n) is 9.11. The molecule has 2 aromatic rings. The van der Waals surface area contributed by atoms with Gasteiger partial charge in [0.2, 0.25) is 5.91 Å². The van der Waals surface area contributed by atoms with Gasteiger partial charge in [0.1, 0.15) is 0 Å². The molecule has 2 aliphatic rings. The Hall–Kier alpha value is -1.81. The van der Waals surface area contributed by atoms with Crippen LogP contribution in [0.1, 0.15) is 37.3 Å². The molecule has 2 N–H and O–H groups in total. The SMILES string of the molecule is CC(C)C(=O)NC[C@@H]1CC2c3cccc4[nH]cc(c34)C[C@H]2N(C)C1. The largest absolute Gasteiger partial charge is 0.361 e. The van der Waals surface area contributed by atoms with E-state index >= 15 is 0 Å². The van der Waals surface area contributed by atoms with E-state index in [9.17, 15) is 4.79 Å². The molecule has 1 aromatic heterocycles. The number of fused-ring (bicyclic) bond motifs is 2. The van der Waals surface area contributed by atoms with E-state index in [-0.39, 0.29) is 11.8 Å². The van der Waals surface area contributed by atoms with Crippen molar-refractivity contribution in [1.82, 2.24) is 15.2 Å². The number of piperidine rings is 1. The first-order valence-corrected chi connectivity index (χ1v) is 9.11. The van der Waals surface area contributed by atoms with Gasteiger partial charge in [-0.15, -0.1) is 0 Å². The van der Waals surface area contributed by atoms with E-state index in [0.29, 0.717) is 17.9 Å². The van der Waals surface area contributed by atoms with Crippen molar-refractivity contribution >= 4 is 16.8 Å². The minimum atomic E-state index is 0.0601. The molecule has 1 unspecified atom stereocenters. The van der Waals surface area contributed by atoms with Gasteiger partial charge in [-0.1, -0.05) is 26.0 Å². The summed E-state index contributed by atoms with van der Waals surface area (Å²) in [5.74, 6) is 1.31. The van der Waals surface area contributed by atoms with Gasteiger partial charge in [0.15, 0.2) is 0 Å². The van der Waals surface area contributed by atoms with Gasteiger partial charge in [-0.2, -0.15) is 0 Å². The number of likely N-dealkylation sites (tertiary alicyclic amines) is 1. The fraction of sp³-hybridized carbons (Fsp3) is 0.550. The second-order valence-electron chi connectivity index (χ2n) is 7.90. The van der Waals surface area contributed by atoms with Crippen molar-refractivity contribution < 1.29 is 4.79 Å². The van der Waals surface area contributed by atoms with Gasteiger partial charge in [0.05, 0.1) is 0 Å². The van der Waals surface area contributed by atoms with Crippen LogP contribution in [0.2, 0.25) is 0 Å². The standard InChI is InChI=1S/C20H27N3O/c1-12(2)20(24)22-9-13-7-16-15-5-4-6-17-19(15)14(10-21-17)8-18(16)23(3)11-13/h4-6,10,12-13,16,18,21H,7-9,11H2,1-3H3,(H,22,24)/t13-,16?,18+/m0/s1. The van der Waals surface area contributed by atoms with Crippen molar-refractivity contribution in [2.45, 2.75) is 38.6 Å². The van der Waals surface area contributed by atoms with Crippen molar-refractivity contribution in [2.24, 2.45) is 11.8 Å². The molecule has 4 heteroatoms. The van der Waals surface area contributed by atoms with Crippen LogP contribution in [0.4, 0.5) is 0 Å². The summed E-state index contributed by atoms with van der Waals surface area (Å²) in [5.41, 5.74) is 4.21. The molecule has 1 fully saturated rings. The number of likely N-dealkylation sites (N-methyl/N-ethyl adjacent to an activating group) is 1. The van der Waals surface area contributed by atoms with Crippen molar-refractivity contribution in [2.75, 3.05) is 20.1 Å². The van der Waals surface area contributed by atoms with E-state index in [2.05, 4.69) is 46.6 Å². The van der Waals surface area contributed by atoms with Gasteiger partial charge in [-0.25, -0.2) is 0 Å². The van der Waals surface area contributed by atoms with Gasteiger partial charge >= 0.3 is 0 Å². The molecule has 1 aliphatic carbocycles. The van der Waals surface area contributed by atoms with E-state index in [1.165, 1.54) is 22.0 Å². The molecule has 4 nitrogen and oxygen atoms in total. The second kappa shape index (κ2) is 5.92. The summed E-state index contributed by atoms with van der Waals surface area (Å²) in [6, 6.07) is 7.23. The molecule has 0 saturated carbocycles. The fourth-order valence-electron chi connectivity index (χ4n) is 4.65. The first kappa shape index (κ1) is 15.7. The Bertz CT molecular complexity index is 763. The zero-order chi connectivity index (χ0) is 16.8. The lowest BCUT2D eigenvalue weighted by molar-refractivity contribution is -0.124. The van der Waals surface area contributed by atoms with E-state index in [1.54, 1.807) is 0 Å². The van der Waals surface area contributed by atoms with Crippen LogP contribution in [-0.4, -0.2) is 42.0 Å².